The zero-order valence-corrected chi connectivity index (χ0v) is 11.3. The first-order valence-electron chi connectivity index (χ1n) is 5.60. The van der Waals surface area contributed by atoms with Gasteiger partial charge in [-0.2, -0.15) is 0 Å². The lowest BCUT2D eigenvalue weighted by Crippen LogP contribution is -2.24. The van der Waals surface area contributed by atoms with Crippen molar-refractivity contribution >= 4 is 28.4 Å². The summed E-state index contributed by atoms with van der Waals surface area (Å²) in [6, 6.07) is 2.05. The molecule has 0 spiro atoms. The number of aryl methyl sites for hydroxylation is 1. The summed E-state index contributed by atoms with van der Waals surface area (Å²) in [5.41, 5.74) is 0. The highest BCUT2D eigenvalue weighted by molar-refractivity contribution is 14.1. The second kappa shape index (κ2) is 4.10. The van der Waals surface area contributed by atoms with Crippen molar-refractivity contribution in [3.8, 4) is 0 Å². The monoisotopic (exact) mass is 331 g/mol. The average Bonchev–Trinajstić information content (AvgIpc) is 2.74. The molecule has 0 bridgehead atoms. The Balaban J connectivity index is 1.83. The highest BCUT2D eigenvalue weighted by Crippen LogP contribution is 2.31. The van der Waals surface area contributed by atoms with Crippen molar-refractivity contribution in [2.45, 2.75) is 19.4 Å². The van der Waals surface area contributed by atoms with Crippen LogP contribution in [-0.4, -0.2) is 35.8 Å². The van der Waals surface area contributed by atoms with Gasteiger partial charge in [-0.25, -0.2) is 9.97 Å². The molecule has 4 nitrogen and oxygen atoms in total. The maximum atomic E-state index is 5.70. The number of hydrogen-bond acceptors (Lipinski definition) is 4. The Bertz CT molecular complexity index is 380. The minimum Gasteiger partial charge on any atom is -0.376 e. The van der Waals surface area contributed by atoms with E-state index in [9.17, 15) is 0 Å². The van der Waals surface area contributed by atoms with Crippen LogP contribution in [0.25, 0.3) is 0 Å². The molecule has 0 aliphatic carbocycles. The molecule has 86 valence electrons. The molecule has 0 amide bonds. The van der Waals surface area contributed by atoms with Gasteiger partial charge in [0.25, 0.3) is 0 Å². The fraction of sp³-hybridized carbons (Fsp3) is 0.636. The van der Waals surface area contributed by atoms with Crippen molar-refractivity contribution in [1.29, 1.82) is 0 Å². The largest absolute Gasteiger partial charge is 0.376 e. The predicted molar refractivity (Wildman–Crippen MR) is 69.5 cm³/mol. The molecule has 0 unspecified atom stereocenters. The topological polar surface area (TPSA) is 38.2 Å². The predicted octanol–water partition coefficient (Wildman–Crippen LogP) is 1.61. The van der Waals surface area contributed by atoms with Gasteiger partial charge < -0.3 is 9.64 Å². The third-order valence-corrected chi connectivity index (χ3v) is 3.87. The molecule has 2 atom stereocenters. The van der Waals surface area contributed by atoms with E-state index in [-0.39, 0.29) is 0 Å². The normalized spacial score (nSPS) is 28.5. The Labute approximate surface area is 109 Å². The lowest BCUT2D eigenvalue weighted by Gasteiger charge is -2.18. The van der Waals surface area contributed by atoms with Crippen LogP contribution < -0.4 is 4.90 Å². The molecule has 2 fully saturated rings. The summed E-state index contributed by atoms with van der Waals surface area (Å²) in [4.78, 5) is 11.1. The van der Waals surface area contributed by atoms with E-state index in [1.165, 1.54) is 6.42 Å². The summed E-state index contributed by atoms with van der Waals surface area (Å²) in [7, 11) is 0. The molecule has 1 aromatic rings. The summed E-state index contributed by atoms with van der Waals surface area (Å²) in [6.07, 6.45) is 1.62. The Morgan fingerprint density at radius 1 is 1.44 bits per heavy atom. The van der Waals surface area contributed by atoms with Crippen molar-refractivity contribution in [3.05, 3.63) is 15.6 Å². The van der Waals surface area contributed by atoms with Crippen LogP contribution in [0.5, 0.6) is 0 Å². The van der Waals surface area contributed by atoms with Gasteiger partial charge in [-0.3, -0.25) is 0 Å². The number of anilines is 1. The standard InChI is InChI=1S/C11H14IN3O/c1-7-13-10(12)4-11(14-7)15-5-8-2-3-16-9(8)6-15/h4,8-9H,2-3,5-6H2,1H3/t8-,9+/m1/s1. The van der Waals surface area contributed by atoms with Crippen molar-refractivity contribution in [1.82, 2.24) is 9.97 Å². The van der Waals surface area contributed by atoms with Crippen LogP contribution in [0.4, 0.5) is 5.82 Å². The van der Waals surface area contributed by atoms with Gasteiger partial charge in [0.1, 0.15) is 15.3 Å². The fourth-order valence-electron chi connectivity index (χ4n) is 2.54. The Hall–Kier alpha value is -0.430. The smallest absolute Gasteiger partial charge is 0.133 e. The quantitative estimate of drug-likeness (QED) is 0.579. The first-order chi connectivity index (χ1) is 7.72. The zero-order valence-electron chi connectivity index (χ0n) is 9.19. The van der Waals surface area contributed by atoms with Crippen LogP contribution in [0.2, 0.25) is 0 Å². The number of rotatable bonds is 1. The van der Waals surface area contributed by atoms with Gasteiger partial charge >= 0.3 is 0 Å². The lowest BCUT2D eigenvalue weighted by molar-refractivity contribution is 0.114. The summed E-state index contributed by atoms with van der Waals surface area (Å²) < 4.78 is 6.71. The third-order valence-electron chi connectivity index (χ3n) is 3.32. The van der Waals surface area contributed by atoms with Gasteiger partial charge in [0.15, 0.2) is 0 Å². The number of nitrogens with zero attached hydrogens (tertiary/aromatic N) is 3. The molecule has 16 heavy (non-hydrogen) atoms. The molecule has 2 saturated heterocycles. The van der Waals surface area contributed by atoms with E-state index in [1.54, 1.807) is 0 Å². The van der Waals surface area contributed by atoms with Gasteiger partial charge in [0, 0.05) is 31.7 Å². The number of ether oxygens (including phenoxy) is 1. The van der Waals surface area contributed by atoms with E-state index in [2.05, 4.69) is 43.5 Å². The van der Waals surface area contributed by atoms with Crippen molar-refractivity contribution in [2.75, 3.05) is 24.6 Å². The van der Waals surface area contributed by atoms with Crippen LogP contribution in [0.15, 0.2) is 6.07 Å². The number of fused-ring (bicyclic) bond motifs is 1. The van der Waals surface area contributed by atoms with Crippen LogP contribution in [0.1, 0.15) is 12.2 Å². The van der Waals surface area contributed by atoms with E-state index < -0.39 is 0 Å². The minimum absolute atomic E-state index is 0.424. The maximum absolute atomic E-state index is 5.70. The first kappa shape index (κ1) is 10.7. The van der Waals surface area contributed by atoms with Crippen molar-refractivity contribution in [3.63, 3.8) is 0 Å². The van der Waals surface area contributed by atoms with Gasteiger partial charge in [-0.05, 0) is 35.9 Å². The Kier molecular flexibility index (Phi) is 2.75. The molecule has 1 aromatic heterocycles. The summed E-state index contributed by atoms with van der Waals surface area (Å²) in [5.74, 6) is 2.60. The molecule has 2 aliphatic rings. The molecule has 3 heterocycles. The molecule has 0 aromatic carbocycles. The first-order valence-corrected chi connectivity index (χ1v) is 6.68. The molecular weight excluding hydrogens is 317 g/mol. The van der Waals surface area contributed by atoms with Gasteiger partial charge in [0.05, 0.1) is 6.10 Å². The molecule has 0 radical (unpaired) electrons. The van der Waals surface area contributed by atoms with Crippen LogP contribution in [0, 0.1) is 16.5 Å². The average molecular weight is 331 g/mol. The van der Waals surface area contributed by atoms with E-state index >= 15 is 0 Å². The molecule has 3 rings (SSSR count). The van der Waals surface area contributed by atoms with E-state index in [0.717, 1.165) is 35.0 Å². The van der Waals surface area contributed by atoms with E-state index in [4.69, 9.17) is 4.74 Å². The Morgan fingerprint density at radius 3 is 3.06 bits per heavy atom. The zero-order chi connectivity index (χ0) is 11.1. The van der Waals surface area contributed by atoms with Crippen LogP contribution in [-0.2, 0) is 4.74 Å². The summed E-state index contributed by atoms with van der Waals surface area (Å²) >= 11 is 2.24. The van der Waals surface area contributed by atoms with Gasteiger partial charge in [0.2, 0.25) is 0 Å². The number of hydrogen-bond donors (Lipinski definition) is 0. The van der Waals surface area contributed by atoms with Gasteiger partial charge in [-0.15, -0.1) is 0 Å². The van der Waals surface area contributed by atoms with Gasteiger partial charge in [-0.1, -0.05) is 0 Å². The SMILES string of the molecule is Cc1nc(I)cc(N2C[C@H]3CCO[C@H]3C2)n1. The van der Waals surface area contributed by atoms with Crippen molar-refractivity contribution < 1.29 is 4.74 Å². The number of aromatic nitrogens is 2. The molecule has 0 N–H and O–H groups in total. The third kappa shape index (κ3) is 1.90. The van der Waals surface area contributed by atoms with Crippen LogP contribution >= 0.6 is 22.6 Å². The molecule has 0 saturated carbocycles. The van der Waals surface area contributed by atoms with E-state index in [1.807, 2.05) is 6.92 Å². The maximum Gasteiger partial charge on any atom is 0.133 e. The van der Waals surface area contributed by atoms with E-state index in [0.29, 0.717) is 12.0 Å². The van der Waals surface area contributed by atoms with Crippen molar-refractivity contribution in [2.24, 2.45) is 5.92 Å². The molecule has 2 aliphatic heterocycles. The summed E-state index contributed by atoms with van der Waals surface area (Å²) in [6.45, 7) is 4.94. The lowest BCUT2D eigenvalue weighted by atomic mass is 10.1. The molecular formula is C11H14IN3O. The Morgan fingerprint density at radius 2 is 2.31 bits per heavy atom. The van der Waals surface area contributed by atoms with Crippen LogP contribution in [0.3, 0.4) is 0 Å². The second-order valence-corrected chi connectivity index (χ2v) is 5.56. The second-order valence-electron chi connectivity index (χ2n) is 4.46. The minimum atomic E-state index is 0.424. The summed E-state index contributed by atoms with van der Waals surface area (Å²) in [5, 5.41) is 0. The highest BCUT2D eigenvalue weighted by Gasteiger charge is 2.37. The fourth-order valence-corrected chi connectivity index (χ4v) is 3.17. The number of halogens is 1. The highest BCUT2D eigenvalue weighted by atomic mass is 127. The molecule has 5 heteroatoms.